The number of aliphatic hydroxyl groups is 2. The number of hydrogen-bond donors (Lipinski definition) is 5. The maximum Gasteiger partial charge on any atom is 0.469 e. The largest absolute Gasteiger partial charge is 0.469 e. The van der Waals surface area contributed by atoms with Crippen molar-refractivity contribution in [3.63, 3.8) is 0 Å². The number of nitrogens with zero attached hydrogens (tertiary/aromatic N) is 2. The molecule has 0 bridgehead atoms. The fourth-order valence-electron chi connectivity index (χ4n) is 2.11. The Morgan fingerprint density at radius 1 is 1.50 bits per heavy atom. The fraction of sp³-hybridized carbons (Fsp3) is 0.600. The van der Waals surface area contributed by atoms with E-state index in [4.69, 9.17) is 20.3 Å². The van der Waals surface area contributed by atoms with Crippen LogP contribution in [0.15, 0.2) is 6.33 Å². The first-order valence-corrected chi connectivity index (χ1v) is 7.69. The molecule has 4 atom stereocenters. The Morgan fingerprint density at radius 2 is 2.14 bits per heavy atom. The maximum atomic E-state index is 11.3. The summed E-state index contributed by atoms with van der Waals surface area (Å²) in [6.07, 6.45) is -4.09. The number of hydrogen-bond acceptors (Lipinski definition) is 8. The molecule has 1 unspecified atom stereocenters. The van der Waals surface area contributed by atoms with Gasteiger partial charge < -0.3 is 30.5 Å². The van der Waals surface area contributed by atoms with E-state index in [-0.39, 0.29) is 17.3 Å². The van der Waals surface area contributed by atoms with Gasteiger partial charge in [-0.2, -0.15) is 0 Å². The highest BCUT2D eigenvalue weighted by atomic mass is 31.2. The SMILES string of the molecule is CC(=O)c1ncn([C@@H]2O[C@H](COP(=O)(O)O)C(O)[C@@H]2O)c1N. The number of ketones is 1. The topological polar surface area (TPSA) is 177 Å². The molecule has 1 aromatic rings. The maximum absolute atomic E-state index is 11.3. The lowest BCUT2D eigenvalue weighted by atomic mass is 10.1. The van der Waals surface area contributed by atoms with E-state index >= 15 is 0 Å². The summed E-state index contributed by atoms with van der Waals surface area (Å²) in [5.41, 5.74) is 5.72. The summed E-state index contributed by atoms with van der Waals surface area (Å²) in [5.74, 6) is -0.439. The third kappa shape index (κ3) is 3.36. The van der Waals surface area contributed by atoms with E-state index in [1.165, 1.54) is 13.3 Å². The van der Waals surface area contributed by atoms with E-state index in [0.717, 1.165) is 4.57 Å². The zero-order valence-corrected chi connectivity index (χ0v) is 12.3. The number of anilines is 1. The number of imidazole rings is 1. The van der Waals surface area contributed by atoms with E-state index in [9.17, 15) is 19.6 Å². The third-order valence-electron chi connectivity index (χ3n) is 3.18. The van der Waals surface area contributed by atoms with Gasteiger partial charge in [0.1, 0.15) is 29.8 Å². The predicted molar refractivity (Wildman–Crippen MR) is 70.6 cm³/mol. The van der Waals surface area contributed by atoms with Crippen molar-refractivity contribution in [3.05, 3.63) is 12.0 Å². The van der Waals surface area contributed by atoms with Crippen LogP contribution in [0, 0.1) is 0 Å². The summed E-state index contributed by atoms with van der Waals surface area (Å²) in [4.78, 5) is 32.4. The number of phosphoric acid groups is 1. The second-order valence-electron chi connectivity index (χ2n) is 4.77. The van der Waals surface area contributed by atoms with Crippen LogP contribution < -0.4 is 5.73 Å². The number of phosphoric ester groups is 1. The molecule has 124 valence electrons. The smallest absolute Gasteiger partial charge is 0.387 e. The Kier molecular flexibility index (Phi) is 4.68. The van der Waals surface area contributed by atoms with Crippen LogP contribution in [0.3, 0.4) is 0 Å². The molecule has 0 saturated carbocycles. The van der Waals surface area contributed by atoms with E-state index in [1.807, 2.05) is 0 Å². The lowest BCUT2D eigenvalue weighted by Crippen LogP contribution is -2.33. The molecule has 0 radical (unpaired) electrons. The third-order valence-corrected chi connectivity index (χ3v) is 3.67. The number of aliphatic hydroxyl groups excluding tert-OH is 2. The standard InChI is InChI=1S/C10H16N3O8P/c1-4(14)6-9(11)13(3-12-6)10-8(16)7(15)5(21-10)2-20-22(17,18)19/h3,5,7-8,10,15-16H,2,11H2,1H3,(H2,17,18,19)/t5-,7?,8+,10-/m1/s1. The first kappa shape index (κ1) is 17.0. The summed E-state index contributed by atoms with van der Waals surface area (Å²) in [7, 11) is -4.74. The molecule has 2 heterocycles. The molecule has 22 heavy (non-hydrogen) atoms. The lowest BCUT2D eigenvalue weighted by Gasteiger charge is -2.17. The second-order valence-corrected chi connectivity index (χ2v) is 6.01. The molecule has 2 rings (SSSR count). The summed E-state index contributed by atoms with van der Waals surface area (Å²) in [6.45, 7) is 0.633. The number of nitrogens with two attached hydrogens (primary N) is 1. The van der Waals surface area contributed by atoms with Gasteiger partial charge >= 0.3 is 7.82 Å². The highest BCUT2D eigenvalue weighted by molar-refractivity contribution is 7.46. The zero-order chi connectivity index (χ0) is 16.7. The van der Waals surface area contributed by atoms with Gasteiger partial charge in [-0.05, 0) is 0 Å². The highest BCUT2D eigenvalue weighted by Crippen LogP contribution is 2.38. The van der Waals surface area contributed by atoms with Crippen molar-refractivity contribution >= 4 is 19.4 Å². The van der Waals surface area contributed by atoms with Crippen LogP contribution in [0.25, 0.3) is 0 Å². The van der Waals surface area contributed by atoms with E-state index in [1.54, 1.807) is 0 Å². The van der Waals surface area contributed by atoms with Crippen molar-refractivity contribution in [2.24, 2.45) is 0 Å². The lowest BCUT2D eigenvalue weighted by molar-refractivity contribution is -0.0510. The molecule has 0 spiro atoms. The average molecular weight is 337 g/mol. The van der Waals surface area contributed by atoms with Crippen LogP contribution in [0.4, 0.5) is 5.82 Å². The molecular formula is C10H16N3O8P. The molecule has 11 nitrogen and oxygen atoms in total. The predicted octanol–water partition coefficient (Wildman–Crippen LogP) is -1.60. The van der Waals surface area contributed by atoms with Crippen LogP contribution in [0.5, 0.6) is 0 Å². The van der Waals surface area contributed by atoms with Gasteiger partial charge in [0.2, 0.25) is 0 Å². The van der Waals surface area contributed by atoms with E-state index < -0.39 is 39.0 Å². The summed E-state index contributed by atoms with van der Waals surface area (Å²) >= 11 is 0. The van der Waals surface area contributed by atoms with Crippen molar-refractivity contribution < 1.29 is 38.6 Å². The molecule has 1 fully saturated rings. The minimum Gasteiger partial charge on any atom is -0.387 e. The van der Waals surface area contributed by atoms with Crippen LogP contribution in [-0.2, 0) is 13.8 Å². The Hall–Kier alpha value is -1.33. The summed E-state index contributed by atoms with van der Waals surface area (Å²) in [6, 6.07) is 0. The quantitative estimate of drug-likeness (QED) is 0.310. The molecule has 0 aromatic carbocycles. The number of Topliss-reactive ketones (excluding diaryl/α,β-unsaturated/α-hetero) is 1. The Labute approximate surface area is 124 Å². The normalized spacial score (nSPS) is 29.0. The molecule has 12 heteroatoms. The van der Waals surface area contributed by atoms with Crippen LogP contribution in [0.1, 0.15) is 23.6 Å². The number of carbonyl (C=O) groups is 1. The Bertz CT molecular complexity index is 613. The molecule has 6 N–H and O–H groups in total. The number of aromatic nitrogens is 2. The van der Waals surface area contributed by atoms with Gasteiger partial charge in [0, 0.05) is 6.92 Å². The van der Waals surface area contributed by atoms with Gasteiger partial charge in [-0.25, -0.2) is 9.55 Å². The van der Waals surface area contributed by atoms with Crippen molar-refractivity contribution in [2.45, 2.75) is 31.5 Å². The van der Waals surface area contributed by atoms with Crippen molar-refractivity contribution in [2.75, 3.05) is 12.3 Å². The van der Waals surface area contributed by atoms with Crippen LogP contribution >= 0.6 is 7.82 Å². The number of ether oxygens (including phenoxy) is 1. The Morgan fingerprint density at radius 3 is 2.64 bits per heavy atom. The highest BCUT2D eigenvalue weighted by Gasteiger charge is 2.45. The van der Waals surface area contributed by atoms with Crippen molar-refractivity contribution in [1.29, 1.82) is 0 Å². The number of carbonyl (C=O) groups excluding carboxylic acids is 1. The molecular weight excluding hydrogens is 321 g/mol. The fourth-order valence-corrected chi connectivity index (χ4v) is 2.45. The van der Waals surface area contributed by atoms with Gasteiger partial charge in [0.15, 0.2) is 12.0 Å². The van der Waals surface area contributed by atoms with Gasteiger partial charge in [-0.1, -0.05) is 0 Å². The first-order chi connectivity index (χ1) is 10.1. The number of nitrogen functional groups attached to an aromatic ring is 1. The van der Waals surface area contributed by atoms with Gasteiger partial charge in [0.05, 0.1) is 12.9 Å². The summed E-state index contributed by atoms with van der Waals surface area (Å²) in [5, 5.41) is 19.8. The van der Waals surface area contributed by atoms with Gasteiger partial charge in [0.25, 0.3) is 0 Å². The second kappa shape index (κ2) is 6.05. The monoisotopic (exact) mass is 337 g/mol. The van der Waals surface area contributed by atoms with E-state index in [2.05, 4.69) is 9.51 Å². The molecule has 1 aliphatic rings. The first-order valence-electron chi connectivity index (χ1n) is 6.16. The molecule has 0 amide bonds. The molecule has 0 aliphatic carbocycles. The van der Waals surface area contributed by atoms with Crippen LogP contribution in [0.2, 0.25) is 0 Å². The van der Waals surface area contributed by atoms with Gasteiger partial charge in [-0.3, -0.25) is 13.9 Å². The summed E-state index contributed by atoms with van der Waals surface area (Å²) < 4.78 is 21.4. The van der Waals surface area contributed by atoms with Gasteiger partial charge in [-0.15, -0.1) is 0 Å². The average Bonchev–Trinajstić information content (AvgIpc) is 2.90. The van der Waals surface area contributed by atoms with E-state index in [0.29, 0.717) is 0 Å². The van der Waals surface area contributed by atoms with Crippen LogP contribution in [-0.4, -0.2) is 60.3 Å². The minimum atomic E-state index is -4.74. The molecule has 1 aromatic heterocycles. The number of rotatable bonds is 5. The molecule has 1 saturated heterocycles. The Balaban J connectivity index is 2.16. The minimum absolute atomic E-state index is 0.0137. The zero-order valence-electron chi connectivity index (χ0n) is 11.4. The van der Waals surface area contributed by atoms with Crippen molar-refractivity contribution in [1.82, 2.24) is 9.55 Å². The molecule has 1 aliphatic heterocycles. The van der Waals surface area contributed by atoms with Crippen molar-refractivity contribution in [3.8, 4) is 0 Å².